The van der Waals surface area contributed by atoms with Crippen LogP contribution < -0.4 is 16.4 Å². The highest BCUT2D eigenvalue weighted by atomic mass is 19.1. The lowest BCUT2D eigenvalue weighted by atomic mass is 10.3. The van der Waals surface area contributed by atoms with Crippen LogP contribution in [0.5, 0.6) is 0 Å². The van der Waals surface area contributed by atoms with Gasteiger partial charge in [0, 0.05) is 17.4 Å². The molecule has 2 amide bonds. The fraction of sp³-hybridized carbons (Fsp3) is 0. The summed E-state index contributed by atoms with van der Waals surface area (Å²) in [5.41, 5.74) is 6.41. The van der Waals surface area contributed by atoms with Crippen molar-refractivity contribution in [3.05, 3.63) is 54.1 Å². The van der Waals surface area contributed by atoms with E-state index in [4.69, 9.17) is 5.73 Å². The molecule has 2 rings (SSSR count). The highest BCUT2D eigenvalue weighted by Crippen LogP contribution is 2.16. The Morgan fingerprint density at radius 1 is 1.05 bits per heavy atom. The molecule has 0 unspecified atom stereocenters. The molecule has 0 aliphatic heterocycles. The first kappa shape index (κ1) is 12.8. The van der Waals surface area contributed by atoms with Gasteiger partial charge in [0.2, 0.25) is 0 Å². The van der Waals surface area contributed by atoms with Crippen LogP contribution in [0.2, 0.25) is 0 Å². The van der Waals surface area contributed by atoms with Gasteiger partial charge in [0.1, 0.15) is 11.6 Å². The Morgan fingerprint density at radius 2 is 1.84 bits per heavy atom. The quantitative estimate of drug-likeness (QED) is 0.728. The number of urea groups is 1. The highest BCUT2D eigenvalue weighted by Gasteiger charge is 2.08. The van der Waals surface area contributed by atoms with E-state index in [0.29, 0.717) is 17.4 Å². The maximum atomic E-state index is 13.3. The molecule has 2 aromatic carbocycles. The van der Waals surface area contributed by atoms with Crippen LogP contribution in [0.15, 0.2) is 42.5 Å². The second-order valence-electron chi connectivity index (χ2n) is 3.83. The number of carbonyl (C=O) groups excluding carboxylic acids is 1. The Hall–Kier alpha value is -2.63. The predicted molar refractivity (Wildman–Crippen MR) is 69.9 cm³/mol. The van der Waals surface area contributed by atoms with Crippen LogP contribution in [0.4, 0.5) is 30.6 Å². The van der Waals surface area contributed by atoms with Gasteiger partial charge < -0.3 is 16.4 Å². The Kier molecular flexibility index (Phi) is 3.61. The molecule has 0 atom stereocenters. The lowest BCUT2D eigenvalue weighted by Crippen LogP contribution is -2.20. The second-order valence-corrected chi connectivity index (χ2v) is 3.83. The van der Waals surface area contributed by atoms with Crippen LogP contribution in [0.3, 0.4) is 0 Å². The number of amides is 2. The SMILES string of the molecule is Nc1cccc(NC(=O)Nc2ccc(F)cc2F)c1. The molecule has 0 bridgehead atoms. The van der Waals surface area contributed by atoms with Crippen LogP contribution >= 0.6 is 0 Å². The van der Waals surface area contributed by atoms with Gasteiger partial charge in [-0.1, -0.05) is 6.07 Å². The number of carbonyl (C=O) groups is 1. The maximum absolute atomic E-state index is 13.3. The van der Waals surface area contributed by atoms with Crippen molar-refractivity contribution in [1.82, 2.24) is 0 Å². The van der Waals surface area contributed by atoms with E-state index in [9.17, 15) is 13.6 Å². The van der Waals surface area contributed by atoms with Crippen molar-refractivity contribution in [3.8, 4) is 0 Å². The summed E-state index contributed by atoms with van der Waals surface area (Å²) in [5, 5.41) is 4.76. The van der Waals surface area contributed by atoms with E-state index >= 15 is 0 Å². The first-order valence-electron chi connectivity index (χ1n) is 5.43. The maximum Gasteiger partial charge on any atom is 0.323 e. The number of nitrogens with two attached hydrogens (primary N) is 1. The van der Waals surface area contributed by atoms with Gasteiger partial charge in [-0.05, 0) is 30.3 Å². The zero-order valence-corrected chi connectivity index (χ0v) is 9.78. The molecule has 2 aromatic rings. The minimum absolute atomic E-state index is 0.109. The fourth-order valence-electron chi connectivity index (χ4n) is 1.49. The van der Waals surface area contributed by atoms with Crippen LogP contribution in [0, 0.1) is 11.6 Å². The number of anilines is 3. The Morgan fingerprint density at radius 3 is 2.53 bits per heavy atom. The number of nitrogen functional groups attached to an aromatic ring is 1. The molecule has 0 heterocycles. The predicted octanol–water partition coefficient (Wildman–Crippen LogP) is 3.19. The molecule has 6 heteroatoms. The van der Waals surface area contributed by atoms with Crippen molar-refractivity contribution in [1.29, 1.82) is 0 Å². The summed E-state index contributed by atoms with van der Waals surface area (Å²) >= 11 is 0. The number of hydrogen-bond donors (Lipinski definition) is 3. The monoisotopic (exact) mass is 263 g/mol. The van der Waals surface area contributed by atoms with Crippen LogP contribution in [0.1, 0.15) is 0 Å². The summed E-state index contributed by atoms with van der Waals surface area (Å²) in [4.78, 5) is 11.6. The van der Waals surface area contributed by atoms with Gasteiger partial charge in [0.05, 0.1) is 5.69 Å². The number of rotatable bonds is 2. The van der Waals surface area contributed by atoms with Crippen molar-refractivity contribution in [2.45, 2.75) is 0 Å². The highest BCUT2D eigenvalue weighted by molar-refractivity contribution is 6.00. The Balaban J connectivity index is 2.05. The smallest absolute Gasteiger partial charge is 0.323 e. The molecule has 0 spiro atoms. The number of benzene rings is 2. The minimum atomic E-state index is -0.845. The summed E-state index contributed by atoms with van der Waals surface area (Å²) in [6, 6.07) is 8.78. The molecule has 0 saturated heterocycles. The third-order valence-corrected chi connectivity index (χ3v) is 2.32. The zero-order valence-electron chi connectivity index (χ0n) is 9.78. The van der Waals surface area contributed by atoms with E-state index in [-0.39, 0.29) is 5.69 Å². The van der Waals surface area contributed by atoms with E-state index < -0.39 is 17.7 Å². The topological polar surface area (TPSA) is 67.1 Å². The second kappa shape index (κ2) is 5.34. The molecular formula is C13H11F2N3O. The summed E-state index contributed by atoms with van der Waals surface area (Å²) in [7, 11) is 0. The minimum Gasteiger partial charge on any atom is -0.399 e. The number of hydrogen-bond acceptors (Lipinski definition) is 2. The van der Waals surface area contributed by atoms with E-state index in [1.807, 2.05) is 0 Å². The molecule has 0 aliphatic rings. The van der Waals surface area contributed by atoms with Gasteiger partial charge in [-0.2, -0.15) is 0 Å². The van der Waals surface area contributed by atoms with Crippen molar-refractivity contribution in [3.63, 3.8) is 0 Å². The average Bonchev–Trinajstić information content (AvgIpc) is 2.33. The third-order valence-electron chi connectivity index (χ3n) is 2.32. The Labute approximate surface area is 108 Å². The zero-order chi connectivity index (χ0) is 13.8. The summed E-state index contributed by atoms with van der Waals surface area (Å²) in [5.74, 6) is -1.55. The molecule has 0 radical (unpaired) electrons. The van der Waals surface area contributed by atoms with Crippen molar-refractivity contribution >= 4 is 23.1 Å². The molecule has 0 saturated carbocycles. The van der Waals surface area contributed by atoms with E-state index in [2.05, 4.69) is 10.6 Å². The molecular weight excluding hydrogens is 252 g/mol. The largest absolute Gasteiger partial charge is 0.399 e. The van der Waals surface area contributed by atoms with Crippen LogP contribution in [-0.4, -0.2) is 6.03 Å². The first-order chi connectivity index (χ1) is 9.04. The van der Waals surface area contributed by atoms with Crippen molar-refractivity contribution in [2.24, 2.45) is 0 Å². The van der Waals surface area contributed by atoms with Gasteiger partial charge in [0.15, 0.2) is 0 Å². The summed E-state index contributed by atoms with van der Waals surface area (Å²) < 4.78 is 26.0. The van der Waals surface area contributed by atoms with Gasteiger partial charge in [0.25, 0.3) is 0 Å². The van der Waals surface area contributed by atoms with Crippen LogP contribution in [-0.2, 0) is 0 Å². The fourth-order valence-corrected chi connectivity index (χ4v) is 1.49. The third kappa shape index (κ3) is 3.41. The summed E-state index contributed by atoms with van der Waals surface area (Å²) in [6.45, 7) is 0. The molecule has 0 aliphatic carbocycles. The lowest BCUT2D eigenvalue weighted by molar-refractivity contribution is 0.262. The molecule has 4 nitrogen and oxygen atoms in total. The van der Waals surface area contributed by atoms with E-state index in [0.717, 1.165) is 12.1 Å². The number of halogens is 2. The molecule has 19 heavy (non-hydrogen) atoms. The molecule has 4 N–H and O–H groups in total. The number of nitrogens with one attached hydrogen (secondary N) is 2. The summed E-state index contributed by atoms with van der Waals surface area (Å²) in [6.07, 6.45) is 0. The van der Waals surface area contributed by atoms with E-state index in [1.54, 1.807) is 24.3 Å². The molecule has 0 fully saturated rings. The van der Waals surface area contributed by atoms with Gasteiger partial charge in [-0.25, -0.2) is 13.6 Å². The van der Waals surface area contributed by atoms with Gasteiger partial charge >= 0.3 is 6.03 Å². The standard InChI is InChI=1S/C13H11F2N3O/c14-8-4-5-12(11(15)6-8)18-13(19)17-10-3-1-2-9(16)7-10/h1-7H,16H2,(H2,17,18,19). The lowest BCUT2D eigenvalue weighted by Gasteiger charge is -2.08. The van der Waals surface area contributed by atoms with Gasteiger partial charge in [-0.3, -0.25) is 0 Å². The molecule has 0 aromatic heterocycles. The molecule has 98 valence electrons. The van der Waals surface area contributed by atoms with Crippen molar-refractivity contribution in [2.75, 3.05) is 16.4 Å². The van der Waals surface area contributed by atoms with Gasteiger partial charge in [-0.15, -0.1) is 0 Å². The average molecular weight is 263 g/mol. The van der Waals surface area contributed by atoms with E-state index in [1.165, 1.54) is 0 Å². The normalized spacial score (nSPS) is 10.0. The first-order valence-corrected chi connectivity index (χ1v) is 5.43. The van der Waals surface area contributed by atoms with Crippen molar-refractivity contribution < 1.29 is 13.6 Å². The Bertz CT molecular complexity index is 617. The van der Waals surface area contributed by atoms with Crippen LogP contribution in [0.25, 0.3) is 0 Å².